The molecule has 1 heterocycles. The van der Waals surface area contributed by atoms with E-state index in [9.17, 15) is 4.79 Å². The van der Waals surface area contributed by atoms with Gasteiger partial charge in [0.2, 0.25) is 5.91 Å². The molecule has 120 valence electrons. The normalized spacial score (nSPS) is 10.6. The molecule has 1 aromatic heterocycles. The number of nitrogens with two attached hydrogens (primary N) is 1. The third-order valence-electron chi connectivity index (χ3n) is 4.25. The first-order chi connectivity index (χ1) is 11.5. The molecule has 3 rings (SSSR count). The molecule has 2 N–H and O–H groups in total. The van der Waals surface area contributed by atoms with E-state index >= 15 is 0 Å². The van der Waals surface area contributed by atoms with Gasteiger partial charge < -0.3 is 5.73 Å². The van der Waals surface area contributed by atoms with Gasteiger partial charge in [-0.05, 0) is 70.8 Å². The molecule has 24 heavy (non-hydrogen) atoms. The van der Waals surface area contributed by atoms with Crippen molar-refractivity contribution in [3.63, 3.8) is 0 Å². The Morgan fingerprint density at radius 1 is 1.04 bits per heavy atom. The Balaban J connectivity index is 2.32. The maximum atomic E-state index is 11.9. The summed E-state index contributed by atoms with van der Waals surface area (Å²) in [6.07, 6.45) is 3.48. The third-order valence-corrected chi connectivity index (χ3v) is 5.37. The monoisotopic (exact) mass is 428 g/mol. The van der Waals surface area contributed by atoms with E-state index in [0.717, 1.165) is 20.3 Å². The number of amides is 1. The number of halogens is 1. The number of carbonyl (C=O) groups is 1. The SMILES string of the molecule is Cc1cccc(-c2ccc(C(N)=O)c(-c3cccnc3)c2I)c1C. The zero-order valence-electron chi connectivity index (χ0n) is 13.5. The minimum absolute atomic E-state index is 0.431. The minimum atomic E-state index is -0.431. The Kier molecular flexibility index (Phi) is 4.66. The molecule has 0 atom stereocenters. The zero-order chi connectivity index (χ0) is 17.3. The van der Waals surface area contributed by atoms with Crippen LogP contribution in [0.4, 0.5) is 0 Å². The summed E-state index contributed by atoms with van der Waals surface area (Å²) in [5.41, 5.74) is 12.6. The Hall–Kier alpha value is -2.21. The van der Waals surface area contributed by atoms with E-state index in [0.29, 0.717) is 5.56 Å². The first-order valence-electron chi connectivity index (χ1n) is 7.60. The molecule has 0 aliphatic heterocycles. The Morgan fingerprint density at radius 3 is 2.50 bits per heavy atom. The number of hydrogen-bond donors (Lipinski definition) is 1. The molecule has 0 fully saturated rings. The van der Waals surface area contributed by atoms with Crippen molar-refractivity contribution in [2.45, 2.75) is 13.8 Å². The Bertz CT molecular complexity index is 920. The highest BCUT2D eigenvalue weighted by Crippen LogP contribution is 2.37. The predicted octanol–water partition coefficient (Wildman–Crippen LogP) is 4.74. The number of primary amides is 1. The molecule has 0 radical (unpaired) electrons. The van der Waals surface area contributed by atoms with E-state index in [1.807, 2.05) is 24.3 Å². The molecule has 0 aliphatic carbocycles. The van der Waals surface area contributed by atoms with Crippen LogP contribution in [0.3, 0.4) is 0 Å². The van der Waals surface area contributed by atoms with Gasteiger partial charge in [0.15, 0.2) is 0 Å². The van der Waals surface area contributed by atoms with Crippen LogP contribution in [0.25, 0.3) is 22.3 Å². The lowest BCUT2D eigenvalue weighted by Crippen LogP contribution is -2.13. The summed E-state index contributed by atoms with van der Waals surface area (Å²) in [6, 6.07) is 13.9. The van der Waals surface area contributed by atoms with Gasteiger partial charge in [-0.25, -0.2) is 0 Å². The summed E-state index contributed by atoms with van der Waals surface area (Å²) in [4.78, 5) is 16.1. The summed E-state index contributed by atoms with van der Waals surface area (Å²) < 4.78 is 1.01. The van der Waals surface area contributed by atoms with E-state index in [2.05, 4.69) is 59.6 Å². The van der Waals surface area contributed by atoms with Crippen LogP contribution in [0, 0.1) is 17.4 Å². The summed E-state index contributed by atoms with van der Waals surface area (Å²) in [6.45, 7) is 4.22. The summed E-state index contributed by atoms with van der Waals surface area (Å²) in [5, 5.41) is 0. The number of rotatable bonds is 3. The molecule has 0 spiro atoms. The molecule has 0 aliphatic rings. The van der Waals surface area contributed by atoms with Gasteiger partial charge in [0.05, 0.1) is 0 Å². The first-order valence-corrected chi connectivity index (χ1v) is 8.68. The van der Waals surface area contributed by atoms with Gasteiger partial charge in [-0.15, -0.1) is 0 Å². The molecule has 3 nitrogen and oxygen atoms in total. The fourth-order valence-electron chi connectivity index (χ4n) is 2.83. The fourth-order valence-corrected chi connectivity index (χ4v) is 3.90. The second-order valence-electron chi connectivity index (χ2n) is 5.70. The topological polar surface area (TPSA) is 56.0 Å². The lowest BCUT2D eigenvalue weighted by atomic mass is 9.92. The van der Waals surface area contributed by atoms with Crippen LogP contribution in [0.5, 0.6) is 0 Å². The molecule has 0 bridgehead atoms. The van der Waals surface area contributed by atoms with Gasteiger partial charge in [0.1, 0.15) is 0 Å². The quantitative estimate of drug-likeness (QED) is 0.613. The van der Waals surface area contributed by atoms with E-state index < -0.39 is 5.91 Å². The van der Waals surface area contributed by atoms with Crippen molar-refractivity contribution in [1.82, 2.24) is 4.98 Å². The van der Waals surface area contributed by atoms with Gasteiger partial charge >= 0.3 is 0 Å². The zero-order valence-corrected chi connectivity index (χ0v) is 15.7. The third kappa shape index (κ3) is 2.94. The van der Waals surface area contributed by atoms with Crippen molar-refractivity contribution in [3.8, 4) is 22.3 Å². The number of nitrogens with zero attached hydrogens (tertiary/aromatic N) is 1. The Labute approximate surface area is 155 Å². The van der Waals surface area contributed by atoms with E-state index in [1.165, 1.54) is 16.7 Å². The molecule has 2 aromatic carbocycles. The summed E-state index contributed by atoms with van der Waals surface area (Å²) >= 11 is 2.30. The van der Waals surface area contributed by atoms with Crippen molar-refractivity contribution in [3.05, 3.63) is 75.1 Å². The van der Waals surface area contributed by atoms with Gasteiger partial charge in [0.25, 0.3) is 0 Å². The van der Waals surface area contributed by atoms with Crippen molar-refractivity contribution in [1.29, 1.82) is 0 Å². The van der Waals surface area contributed by atoms with Crippen LogP contribution in [-0.4, -0.2) is 10.9 Å². The van der Waals surface area contributed by atoms with E-state index in [1.54, 1.807) is 12.4 Å². The van der Waals surface area contributed by atoms with Crippen LogP contribution >= 0.6 is 22.6 Å². The Morgan fingerprint density at radius 2 is 1.83 bits per heavy atom. The molecule has 3 aromatic rings. The van der Waals surface area contributed by atoms with Gasteiger partial charge in [-0.3, -0.25) is 9.78 Å². The van der Waals surface area contributed by atoms with Gasteiger partial charge in [0, 0.05) is 32.7 Å². The smallest absolute Gasteiger partial charge is 0.249 e. The average Bonchev–Trinajstić information content (AvgIpc) is 2.58. The number of aryl methyl sites for hydroxylation is 1. The molecule has 0 unspecified atom stereocenters. The van der Waals surface area contributed by atoms with E-state index in [-0.39, 0.29) is 0 Å². The van der Waals surface area contributed by atoms with Gasteiger partial charge in [-0.1, -0.05) is 30.3 Å². The number of aromatic nitrogens is 1. The molecule has 0 saturated carbocycles. The van der Waals surface area contributed by atoms with Crippen molar-refractivity contribution >= 4 is 28.5 Å². The molecule has 0 saturated heterocycles. The highest BCUT2D eigenvalue weighted by atomic mass is 127. The lowest BCUT2D eigenvalue weighted by molar-refractivity contribution is 0.100. The number of hydrogen-bond acceptors (Lipinski definition) is 2. The second kappa shape index (κ2) is 6.73. The average molecular weight is 428 g/mol. The highest BCUT2D eigenvalue weighted by Gasteiger charge is 2.18. The van der Waals surface area contributed by atoms with Crippen LogP contribution in [0.2, 0.25) is 0 Å². The maximum absolute atomic E-state index is 11.9. The van der Waals surface area contributed by atoms with Crippen molar-refractivity contribution in [2.24, 2.45) is 5.73 Å². The van der Waals surface area contributed by atoms with E-state index in [4.69, 9.17) is 5.73 Å². The van der Waals surface area contributed by atoms with Crippen molar-refractivity contribution < 1.29 is 4.79 Å². The fraction of sp³-hybridized carbons (Fsp3) is 0.100. The highest BCUT2D eigenvalue weighted by molar-refractivity contribution is 14.1. The van der Waals surface area contributed by atoms with Crippen LogP contribution in [0.1, 0.15) is 21.5 Å². The summed E-state index contributed by atoms with van der Waals surface area (Å²) in [5.74, 6) is -0.431. The predicted molar refractivity (Wildman–Crippen MR) is 106 cm³/mol. The molecule has 4 heteroatoms. The van der Waals surface area contributed by atoms with Crippen LogP contribution in [-0.2, 0) is 0 Å². The van der Waals surface area contributed by atoms with Crippen LogP contribution < -0.4 is 5.73 Å². The number of benzene rings is 2. The standard InChI is InChI=1S/C20H17IN2O/c1-12-5-3-7-15(13(12)2)16-8-9-17(20(22)24)18(19(16)21)14-6-4-10-23-11-14/h3-11H,1-2H3,(H2,22,24). The second-order valence-corrected chi connectivity index (χ2v) is 6.78. The van der Waals surface area contributed by atoms with Crippen molar-refractivity contribution in [2.75, 3.05) is 0 Å². The first kappa shape index (κ1) is 16.6. The van der Waals surface area contributed by atoms with Gasteiger partial charge in [-0.2, -0.15) is 0 Å². The molecular formula is C20H17IN2O. The lowest BCUT2D eigenvalue weighted by Gasteiger charge is -2.16. The number of carbonyl (C=O) groups excluding carboxylic acids is 1. The maximum Gasteiger partial charge on any atom is 0.249 e. The van der Waals surface area contributed by atoms with Crippen LogP contribution in [0.15, 0.2) is 54.9 Å². The largest absolute Gasteiger partial charge is 0.366 e. The summed E-state index contributed by atoms with van der Waals surface area (Å²) in [7, 11) is 0. The number of pyridine rings is 1. The molecular weight excluding hydrogens is 411 g/mol. The molecule has 1 amide bonds. The minimum Gasteiger partial charge on any atom is -0.366 e.